The highest BCUT2D eigenvalue weighted by molar-refractivity contribution is 7.13. The van der Waals surface area contributed by atoms with E-state index in [-0.39, 0.29) is 18.5 Å². The molecule has 1 aromatic carbocycles. The molecule has 0 aliphatic heterocycles. The van der Waals surface area contributed by atoms with Gasteiger partial charge in [0.05, 0.1) is 12.3 Å². The van der Waals surface area contributed by atoms with Crippen molar-refractivity contribution < 1.29 is 9.50 Å². The molecule has 0 aliphatic carbocycles. The lowest BCUT2D eigenvalue weighted by Crippen LogP contribution is -2.31. The molecule has 2 rings (SSSR count). The second-order valence-electron chi connectivity index (χ2n) is 4.32. The Morgan fingerprint density at radius 3 is 2.74 bits per heavy atom. The standard InChI is InChI=1S/C14H17FN2OS/c1-2-12(8-18)16-7-13-9-19-14(17-13)10-3-5-11(15)6-4-10/h3-6,9,12,16,18H,2,7-8H2,1H3/t12-/m1/s1. The summed E-state index contributed by atoms with van der Waals surface area (Å²) in [5.41, 5.74) is 1.86. The Morgan fingerprint density at radius 2 is 2.11 bits per heavy atom. The average molecular weight is 280 g/mol. The van der Waals surface area contributed by atoms with Crippen LogP contribution in [0, 0.1) is 5.82 Å². The van der Waals surface area contributed by atoms with Crippen molar-refractivity contribution in [2.75, 3.05) is 6.61 Å². The Kier molecular flexibility index (Phi) is 5.01. The van der Waals surface area contributed by atoms with Crippen molar-refractivity contribution in [2.45, 2.75) is 25.9 Å². The van der Waals surface area contributed by atoms with Crippen LogP contribution in [-0.4, -0.2) is 22.7 Å². The van der Waals surface area contributed by atoms with Gasteiger partial charge in [-0.25, -0.2) is 9.37 Å². The van der Waals surface area contributed by atoms with Crippen molar-refractivity contribution in [3.8, 4) is 10.6 Å². The summed E-state index contributed by atoms with van der Waals surface area (Å²) >= 11 is 1.54. The van der Waals surface area contributed by atoms with E-state index in [1.54, 1.807) is 12.1 Å². The zero-order valence-corrected chi connectivity index (χ0v) is 11.6. The van der Waals surface area contributed by atoms with Gasteiger partial charge in [-0.15, -0.1) is 11.3 Å². The lowest BCUT2D eigenvalue weighted by Gasteiger charge is -2.12. The van der Waals surface area contributed by atoms with Gasteiger partial charge in [0.15, 0.2) is 0 Å². The summed E-state index contributed by atoms with van der Waals surface area (Å²) in [6.45, 7) is 2.79. The van der Waals surface area contributed by atoms with Gasteiger partial charge in [0, 0.05) is 23.5 Å². The van der Waals surface area contributed by atoms with Gasteiger partial charge in [-0.05, 0) is 30.7 Å². The van der Waals surface area contributed by atoms with Crippen LogP contribution < -0.4 is 5.32 Å². The van der Waals surface area contributed by atoms with E-state index in [1.165, 1.54) is 23.5 Å². The summed E-state index contributed by atoms with van der Waals surface area (Å²) in [6.07, 6.45) is 0.880. The van der Waals surface area contributed by atoms with Gasteiger partial charge in [0.2, 0.25) is 0 Å². The molecule has 0 amide bonds. The smallest absolute Gasteiger partial charge is 0.123 e. The molecule has 0 unspecified atom stereocenters. The van der Waals surface area contributed by atoms with E-state index in [4.69, 9.17) is 5.11 Å². The molecule has 0 radical (unpaired) electrons. The number of aromatic nitrogens is 1. The summed E-state index contributed by atoms with van der Waals surface area (Å²) in [6, 6.07) is 6.44. The number of aliphatic hydroxyl groups excluding tert-OH is 1. The maximum atomic E-state index is 12.8. The van der Waals surface area contributed by atoms with Crippen molar-refractivity contribution in [3.63, 3.8) is 0 Å². The zero-order chi connectivity index (χ0) is 13.7. The molecule has 0 saturated carbocycles. The number of aliphatic hydroxyl groups is 1. The predicted octanol–water partition coefficient (Wildman–Crippen LogP) is 2.81. The van der Waals surface area contributed by atoms with Crippen LogP contribution >= 0.6 is 11.3 Å². The van der Waals surface area contributed by atoms with Crippen molar-refractivity contribution in [1.82, 2.24) is 10.3 Å². The third-order valence-electron chi connectivity index (χ3n) is 2.93. The molecule has 0 bridgehead atoms. The molecule has 1 heterocycles. The molecule has 1 aromatic heterocycles. The highest BCUT2D eigenvalue weighted by Crippen LogP contribution is 2.23. The summed E-state index contributed by atoms with van der Waals surface area (Å²) in [4.78, 5) is 4.50. The van der Waals surface area contributed by atoms with Crippen molar-refractivity contribution in [1.29, 1.82) is 0 Å². The Balaban J connectivity index is 2.01. The molecule has 19 heavy (non-hydrogen) atoms. The minimum atomic E-state index is -0.240. The van der Waals surface area contributed by atoms with Gasteiger partial charge in [-0.2, -0.15) is 0 Å². The topological polar surface area (TPSA) is 45.1 Å². The van der Waals surface area contributed by atoms with E-state index in [1.807, 2.05) is 12.3 Å². The molecule has 0 aliphatic rings. The van der Waals surface area contributed by atoms with E-state index in [0.717, 1.165) is 22.7 Å². The minimum Gasteiger partial charge on any atom is -0.395 e. The molecule has 2 aromatic rings. The summed E-state index contributed by atoms with van der Waals surface area (Å²) in [7, 11) is 0. The van der Waals surface area contributed by atoms with Gasteiger partial charge in [0.1, 0.15) is 10.8 Å². The van der Waals surface area contributed by atoms with Crippen molar-refractivity contribution in [3.05, 3.63) is 41.2 Å². The first kappa shape index (κ1) is 14.1. The first-order chi connectivity index (χ1) is 9.22. The Hall–Kier alpha value is -1.30. The fourth-order valence-electron chi connectivity index (χ4n) is 1.70. The highest BCUT2D eigenvalue weighted by Gasteiger charge is 2.07. The fourth-order valence-corrected chi connectivity index (χ4v) is 2.53. The summed E-state index contributed by atoms with van der Waals surface area (Å²) in [5, 5.41) is 15.2. The maximum Gasteiger partial charge on any atom is 0.123 e. The molecule has 2 N–H and O–H groups in total. The van der Waals surface area contributed by atoms with Crippen LogP contribution in [0.1, 0.15) is 19.0 Å². The van der Waals surface area contributed by atoms with Crippen LogP contribution in [0.5, 0.6) is 0 Å². The van der Waals surface area contributed by atoms with E-state index < -0.39 is 0 Å². The molecule has 0 saturated heterocycles. The van der Waals surface area contributed by atoms with Crippen LogP contribution in [-0.2, 0) is 6.54 Å². The normalized spacial score (nSPS) is 12.6. The van der Waals surface area contributed by atoms with Gasteiger partial charge in [-0.3, -0.25) is 0 Å². The fraction of sp³-hybridized carbons (Fsp3) is 0.357. The summed E-state index contributed by atoms with van der Waals surface area (Å²) < 4.78 is 12.8. The lowest BCUT2D eigenvalue weighted by molar-refractivity contribution is 0.238. The van der Waals surface area contributed by atoms with Crippen LogP contribution in [0.15, 0.2) is 29.6 Å². The van der Waals surface area contributed by atoms with Crippen molar-refractivity contribution in [2.24, 2.45) is 0 Å². The monoisotopic (exact) mass is 280 g/mol. The lowest BCUT2D eigenvalue weighted by atomic mass is 10.2. The third kappa shape index (κ3) is 3.83. The largest absolute Gasteiger partial charge is 0.395 e. The van der Waals surface area contributed by atoms with Gasteiger partial charge in [0.25, 0.3) is 0 Å². The SMILES string of the molecule is CC[C@H](CO)NCc1csc(-c2ccc(F)cc2)n1. The minimum absolute atomic E-state index is 0.107. The second-order valence-corrected chi connectivity index (χ2v) is 5.18. The highest BCUT2D eigenvalue weighted by atomic mass is 32.1. The van der Waals surface area contributed by atoms with E-state index in [2.05, 4.69) is 10.3 Å². The molecule has 3 nitrogen and oxygen atoms in total. The molecule has 0 spiro atoms. The maximum absolute atomic E-state index is 12.8. The molecule has 0 fully saturated rings. The molecule has 102 valence electrons. The number of hydrogen-bond acceptors (Lipinski definition) is 4. The number of halogens is 1. The Labute approximate surface area is 116 Å². The number of rotatable bonds is 6. The van der Waals surface area contributed by atoms with Crippen molar-refractivity contribution >= 4 is 11.3 Å². The number of hydrogen-bond donors (Lipinski definition) is 2. The molecular weight excluding hydrogens is 263 g/mol. The first-order valence-electron chi connectivity index (χ1n) is 6.27. The average Bonchev–Trinajstić information content (AvgIpc) is 2.89. The molecular formula is C14H17FN2OS. The van der Waals surface area contributed by atoms with Crippen LogP contribution in [0.25, 0.3) is 10.6 Å². The van der Waals surface area contributed by atoms with Crippen LogP contribution in [0.3, 0.4) is 0 Å². The number of benzene rings is 1. The van der Waals surface area contributed by atoms with Crippen LogP contribution in [0.4, 0.5) is 4.39 Å². The first-order valence-corrected chi connectivity index (χ1v) is 7.15. The van der Waals surface area contributed by atoms with Gasteiger partial charge < -0.3 is 10.4 Å². The number of nitrogens with one attached hydrogen (secondary N) is 1. The third-order valence-corrected chi connectivity index (χ3v) is 3.87. The number of nitrogens with zero attached hydrogens (tertiary/aromatic N) is 1. The Bertz CT molecular complexity index is 508. The zero-order valence-electron chi connectivity index (χ0n) is 10.8. The van der Waals surface area contributed by atoms with E-state index in [0.29, 0.717) is 6.54 Å². The second kappa shape index (κ2) is 6.75. The van der Waals surface area contributed by atoms with Gasteiger partial charge in [-0.1, -0.05) is 6.92 Å². The van der Waals surface area contributed by atoms with Crippen LogP contribution in [0.2, 0.25) is 0 Å². The van der Waals surface area contributed by atoms with E-state index in [9.17, 15) is 4.39 Å². The van der Waals surface area contributed by atoms with E-state index >= 15 is 0 Å². The predicted molar refractivity (Wildman–Crippen MR) is 75.5 cm³/mol. The quantitative estimate of drug-likeness (QED) is 0.855. The Morgan fingerprint density at radius 1 is 1.37 bits per heavy atom. The number of thiazole rings is 1. The molecule has 1 atom stereocenters. The molecule has 5 heteroatoms. The summed E-state index contributed by atoms with van der Waals surface area (Å²) in [5.74, 6) is -0.240. The van der Waals surface area contributed by atoms with Gasteiger partial charge >= 0.3 is 0 Å².